The van der Waals surface area contributed by atoms with Crippen LogP contribution in [0.4, 0.5) is 0 Å². The second kappa shape index (κ2) is 11.3. The van der Waals surface area contributed by atoms with E-state index in [1.165, 1.54) is 31.2 Å². The molecule has 2 aliphatic rings. The van der Waals surface area contributed by atoms with Crippen LogP contribution in [0, 0.1) is 5.92 Å². The summed E-state index contributed by atoms with van der Waals surface area (Å²) >= 11 is 0. The summed E-state index contributed by atoms with van der Waals surface area (Å²) in [6.45, 7) is 7.73. The summed E-state index contributed by atoms with van der Waals surface area (Å²) in [5.74, 6) is -0.0139. The zero-order valence-corrected chi connectivity index (χ0v) is 17.8. The number of hydrogen-bond acceptors (Lipinski definition) is 4. The molecule has 2 aliphatic heterocycles. The second-order valence-electron chi connectivity index (χ2n) is 8.50. The molecule has 0 saturated carbocycles. The third-order valence-corrected chi connectivity index (χ3v) is 6.33. The molecule has 1 N–H and O–H groups in total. The summed E-state index contributed by atoms with van der Waals surface area (Å²) in [7, 11) is 0. The molecule has 2 heterocycles. The van der Waals surface area contributed by atoms with Crippen LogP contribution in [0.25, 0.3) is 0 Å². The molecule has 2 saturated heterocycles. The average molecular weight is 390 g/mol. The fourth-order valence-electron chi connectivity index (χ4n) is 4.64. The number of ether oxygens (including phenoxy) is 3. The Bertz CT molecular complexity index is 544. The maximum absolute atomic E-state index is 6.28. The largest absolute Gasteiger partial charge is 0.377 e. The van der Waals surface area contributed by atoms with Gasteiger partial charge in [0.2, 0.25) is 0 Å². The molecule has 1 aromatic carbocycles. The summed E-state index contributed by atoms with van der Waals surface area (Å²) in [6.07, 6.45) is 9.24. The van der Waals surface area contributed by atoms with Crippen molar-refractivity contribution in [2.75, 3.05) is 19.8 Å². The Kier molecular flexibility index (Phi) is 8.78. The molecule has 4 heteroatoms. The number of unbranched alkanes of at least 4 members (excludes halogenated alkanes) is 2. The molecule has 0 radical (unpaired) electrons. The third-order valence-electron chi connectivity index (χ3n) is 6.33. The van der Waals surface area contributed by atoms with Gasteiger partial charge in [0.1, 0.15) is 0 Å². The minimum atomic E-state index is -0.379. The lowest BCUT2D eigenvalue weighted by Gasteiger charge is -2.51. The highest BCUT2D eigenvalue weighted by Gasteiger charge is 2.49. The van der Waals surface area contributed by atoms with Crippen LogP contribution in [0.2, 0.25) is 0 Å². The second-order valence-corrected chi connectivity index (χ2v) is 8.50. The van der Waals surface area contributed by atoms with E-state index in [4.69, 9.17) is 14.2 Å². The third kappa shape index (κ3) is 6.03. The highest BCUT2D eigenvalue weighted by Crippen LogP contribution is 2.39. The Balaban J connectivity index is 1.49. The van der Waals surface area contributed by atoms with Crippen LogP contribution in [0.15, 0.2) is 30.3 Å². The Labute approximate surface area is 171 Å². The molecule has 1 aromatic rings. The smallest absolute Gasteiger partial charge is 0.173 e. The quantitative estimate of drug-likeness (QED) is 0.568. The predicted octanol–water partition coefficient (Wildman–Crippen LogP) is 5.06. The van der Waals surface area contributed by atoms with Crippen molar-refractivity contribution in [2.45, 2.75) is 89.7 Å². The molecule has 3 atom stereocenters. The molecule has 2 fully saturated rings. The number of hydrogen-bond donors (Lipinski definition) is 1. The van der Waals surface area contributed by atoms with Gasteiger partial charge in [-0.3, -0.25) is 0 Å². The zero-order chi connectivity index (χ0) is 19.7. The van der Waals surface area contributed by atoms with Gasteiger partial charge in [-0.05, 0) is 31.2 Å². The van der Waals surface area contributed by atoms with Gasteiger partial charge in [0.15, 0.2) is 5.79 Å². The maximum Gasteiger partial charge on any atom is 0.173 e. The van der Waals surface area contributed by atoms with Gasteiger partial charge in [0.05, 0.1) is 19.8 Å². The summed E-state index contributed by atoms with van der Waals surface area (Å²) in [4.78, 5) is 0. The van der Waals surface area contributed by atoms with Crippen LogP contribution in [0.1, 0.15) is 70.8 Å². The van der Waals surface area contributed by atoms with Gasteiger partial charge < -0.3 is 19.5 Å². The van der Waals surface area contributed by atoms with Gasteiger partial charge in [0.25, 0.3) is 0 Å². The summed E-state index contributed by atoms with van der Waals surface area (Å²) in [6, 6.07) is 11.3. The van der Waals surface area contributed by atoms with Gasteiger partial charge in [-0.25, -0.2) is 0 Å². The van der Waals surface area contributed by atoms with Crippen molar-refractivity contribution in [1.82, 2.24) is 5.32 Å². The molecule has 0 unspecified atom stereocenters. The SMILES string of the molecule is CCCCC[C@@H]1CC2(OCCCO2)[C@@H](C)[C@H](CCCOCc2ccccc2)N1. The van der Waals surface area contributed by atoms with Gasteiger partial charge in [-0.15, -0.1) is 0 Å². The monoisotopic (exact) mass is 389 g/mol. The van der Waals surface area contributed by atoms with Crippen LogP contribution in [-0.4, -0.2) is 37.7 Å². The van der Waals surface area contributed by atoms with Crippen LogP contribution in [0.5, 0.6) is 0 Å². The molecular weight excluding hydrogens is 350 g/mol. The van der Waals surface area contributed by atoms with Crippen molar-refractivity contribution in [3.63, 3.8) is 0 Å². The van der Waals surface area contributed by atoms with E-state index in [-0.39, 0.29) is 5.79 Å². The number of benzene rings is 1. The molecule has 158 valence electrons. The van der Waals surface area contributed by atoms with Gasteiger partial charge in [-0.2, -0.15) is 0 Å². The van der Waals surface area contributed by atoms with E-state index < -0.39 is 0 Å². The van der Waals surface area contributed by atoms with E-state index in [0.29, 0.717) is 24.6 Å². The predicted molar refractivity (Wildman–Crippen MR) is 113 cm³/mol. The summed E-state index contributed by atoms with van der Waals surface area (Å²) in [5, 5.41) is 3.93. The first-order valence-electron chi connectivity index (χ1n) is 11.4. The van der Waals surface area contributed by atoms with Crippen molar-refractivity contribution in [3.05, 3.63) is 35.9 Å². The van der Waals surface area contributed by atoms with E-state index in [9.17, 15) is 0 Å². The Morgan fingerprint density at radius 1 is 1.07 bits per heavy atom. The van der Waals surface area contributed by atoms with E-state index in [1.54, 1.807) is 0 Å². The molecular formula is C24H39NO3. The number of rotatable bonds is 10. The van der Waals surface area contributed by atoms with Crippen LogP contribution < -0.4 is 5.32 Å². The first-order valence-corrected chi connectivity index (χ1v) is 11.4. The topological polar surface area (TPSA) is 39.7 Å². The lowest BCUT2D eigenvalue weighted by Crippen LogP contribution is -2.62. The van der Waals surface area contributed by atoms with Gasteiger partial charge in [-0.1, -0.05) is 63.4 Å². The Morgan fingerprint density at radius 2 is 1.86 bits per heavy atom. The molecule has 1 spiro atoms. The molecule has 0 bridgehead atoms. The highest BCUT2D eigenvalue weighted by molar-refractivity contribution is 5.13. The fraction of sp³-hybridized carbons (Fsp3) is 0.750. The number of nitrogens with one attached hydrogen (secondary N) is 1. The molecule has 4 nitrogen and oxygen atoms in total. The van der Waals surface area contributed by atoms with E-state index in [2.05, 4.69) is 43.4 Å². The molecule has 0 amide bonds. The molecule has 0 aliphatic carbocycles. The van der Waals surface area contributed by atoms with Crippen molar-refractivity contribution >= 4 is 0 Å². The minimum Gasteiger partial charge on any atom is -0.377 e. The normalized spacial score (nSPS) is 27.1. The molecule has 28 heavy (non-hydrogen) atoms. The number of piperidine rings is 1. The first-order chi connectivity index (χ1) is 13.7. The van der Waals surface area contributed by atoms with Crippen LogP contribution >= 0.6 is 0 Å². The summed E-state index contributed by atoms with van der Waals surface area (Å²) in [5.41, 5.74) is 1.24. The maximum atomic E-state index is 6.28. The molecule has 3 rings (SSSR count). The Morgan fingerprint density at radius 3 is 2.61 bits per heavy atom. The summed E-state index contributed by atoms with van der Waals surface area (Å²) < 4.78 is 18.5. The van der Waals surface area contributed by atoms with Crippen molar-refractivity contribution < 1.29 is 14.2 Å². The lowest BCUT2D eigenvalue weighted by atomic mass is 9.79. The standard InChI is InChI=1S/C24H39NO3/c1-3-4-6-13-22-18-24(27-16-10-17-28-24)20(2)23(25-22)14-9-15-26-19-21-11-7-5-8-12-21/h5,7-8,11-12,20,22-23,25H,3-4,6,9-10,13-19H2,1-2H3/t20-,22+,23-/m0/s1. The highest BCUT2D eigenvalue weighted by atomic mass is 16.7. The van der Waals surface area contributed by atoms with Gasteiger partial charge in [0, 0.05) is 31.0 Å². The first kappa shape index (κ1) is 21.8. The zero-order valence-electron chi connectivity index (χ0n) is 17.8. The average Bonchev–Trinajstić information content (AvgIpc) is 2.73. The van der Waals surface area contributed by atoms with Crippen molar-refractivity contribution in [3.8, 4) is 0 Å². The van der Waals surface area contributed by atoms with E-state index in [1.807, 2.05) is 6.07 Å². The van der Waals surface area contributed by atoms with E-state index in [0.717, 1.165) is 45.5 Å². The van der Waals surface area contributed by atoms with Gasteiger partial charge >= 0.3 is 0 Å². The lowest BCUT2D eigenvalue weighted by molar-refractivity contribution is -0.310. The van der Waals surface area contributed by atoms with Crippen LogP contribution in [-0.2, 0) is 20.8 Å². The Hall–Kier alpha value is -0.940. The van der Waals surface area contributed by atoms with Crippen molar-refractivity contribution in [2.24, 2.45) is 5.92 Å². The minimum absolute atomic E-state index is 0.365. The van der Waals surface area contributed by atoms with Crippen molar-refractivity contribution in [1.29, 1.82) is 0 Å². The van der Waals surface area contributed by atoms with Crippen LogP contribution in [0.3, 0.4) is 0 Å². The fourth-order valence-corrected chi connectivity index (χ4v) is 4.64. The molecule has 0 aromatic heterocycles. The van der Waals surface area contributed by atoms with E-state index >= 15 is 0 Å².